The third-order valence-electron chi connectivity index (χ3n) is 5.95. The first-order valence-electron chi connectivity index (χ1n) is 10.8. The maximum absolute atomic E-state index is 12.8. The summed E-state index contributed by atoms with van der Waals surface area (Å²) in [5, 5.41) is 9.33. The fourth-order valence-electron chi connectivity index (χ4n) is 4.24. The van der Waals surface area contributed by atoms with Crippen LogP contribution in [0.4, 0.5) is 5.69 Å². The first-order valence-corrected chi connectivity index (χ1v) is 10.8. The van der Waals surface area contributed by atoms with E-state index in [-0.39, 0.29) is 24.2 Å². The van der Waals surface area contributed by atoms with Crippen LogP contribution < -0.4 is 10.2 Å². The molecule has 1 aromatic heterocycles. The molecule has 1 atom stereocenters. The minimum atomic E-state index is -0.347. The van der Waals surface area contributed by atoms with Crippen molar-refractivity contribution in [1.82, 2.24) is 15.1 Å². The zero-order valence-electron chi connectivity index (χ0n) is 17.6. The molecule has 2 heterocycles. The molecule has 32 heavy (non-hydrogen) atoms. The Labute approximate surface area is 186 Å². The van der Waals surface area contributed by atoms with E-state index in [0.717, 1.165) is 27.6 Å². The molecule has 0 aliphatic carbocycles. The lowest BCUT2D eigenvalue weighted by Gasteiger charge is -2.19. The highest BCUT2D eigenvalue weighted by Gasteiger charge is 2.35. The minimum absolute atomic E-state index is 0.00974. The first kappa shape index (κ1) is 20.0. The number of anilines is 1. The van der Waals surface area contributed by atoms with E-state index in [1.165, 1.54) is 0 Å². The van der Waals surface area contributed by atoms with Gasteiger partial charge in [-0.15, -0.1) is 0 Å². The Morgan fingerprint density at radius 1 is 0.969 bits per heavy atom. The molecule has 1 N–H and O–H groups in total. The molecule has 0 spiro atoms. The molecule has 160 valence electrons. The van der Waals surface area contributed by atoms with Gasteiger partial charge in [0.05, 0.1) is 18.2 Å². The second kappa shape index (κ2) is 8.67. The fraction of sp³-hybridized carbons (Fsp3) is 0.192. The number of rotatable bonds is 6. The number of amides is 2. The van der Waals surface area contributed by atoms with Crippen molar-refractivity contribution < 1.29 is 9.59 Å². The molecule has 2 amide bonds. The number of hydrogen-bond donors (Lipinski definition) is 1. The molecule has 6 nitrogen and oxygen atoms in total. The van der Waals surface area contributed by atoms with Crippen molar-refractivity contribution in [1.29, 1.82) is 0 Å². The highest BCUT2D eigenvalue weighted by molar-refractivity contribution is 6.06. The van der Waals surface area contributed by atoms with Gasteiger partial charge >= 0.3 is 0 Å². The zero-order valence-corrected chi connectivity index (χ0v) is 17.6. The van der Waals surface area contributed by atoms with Crippen molar-refractivity contribution >= 4 is 28.3 Å². The molecular weight excluding hydrogens is 400 g/mol. The molecule has 0 radical (unpaired) electrons. The van der Waals surface area contributed by atoms with Crippen molar-refractivity contribution in [2.24, 2.45) is 5.92 Å². The average Bonchev–Trinajstić information content (AvgIpc) is 3.47. The third-order valence-corrected chi connectivity index (χ3v) is 5.95. The van der Waals surface area contributed by atoms with Crippen LogP contribution in [0.1, 0.15) is 17.5 Å². The maximum Gasteiger partial charge on any atom is 0.227 e. The second-order valence-corrected chi connectivity index (χ2v) is 8.14. The Morgan fingerprint density at radius 3 is 2.56 bits per heavy atom. The van der Waals surface area contributed by atoms with Gasteiger partial charge in [-0.1, -0.05) is 60.7 Å². The van der Waals surface area contributed by atoms with Crippen molar-refractivity contribution in [2.75, 3.05) is 11.4 Å². The summed E-state index contributed by atoms with van der Waals surface area (Å²) < 4.78 is 1.87. The molecule has 1 saturated heterocycles. The highest BCUT2D eigenvalue weighted by Crippen LogP contribution is 2.31. The molecule has 5 rings (SSSR count). The summed E-state index contributed by atoms with van der Waals surface area (Å²) in [6.07, 6.45) is 3.93. The number of aromatic nitrogens is 2. The van der Waals surface area contributed by atoms with Gasteiger partial charge in [0.25, 0.3) is 0 Å². The number of nitrogens with one attached hydrogen (secondary N) is 1. The van der Waals surface area contributed by atoms with Crippen molar-refractivity contribution in [2.45, 2.75) is 19.5 Å². The molecule has 0 saturated carbocycles. The smallest absolute Gasteiger partial charge is 0.227 e. The van der Waals surface area contributed by atoms with Crippen LogP contribution in [0.15, 0.2) is 85.2 Å². The van der Waals surface area contributed by atoms with Gasteiger partial charge < -0.3 is 10.2 Å². The van der Waals surface area contributed by atoms with Gasteiger partial charge in [0.15, 0.2) is 0 Å². The van der Waals surface area contributed by atoms with Crippen LogP contribution in [0.5, 0.6) is 0 Å². The van der Waals surface area contributed by atoms with Crippen LogP contribution in [0, 0.1) is 5.92 Å². The van der Waals surface area contributed by atoms with Gasteiger partial charge in [0.1, 0.15) is 0 Å². The lowest BCUT2D eigenvalue weighted by Crippen LogP contribution is -2.32. The van der Waals surface area contributed by atoms with E-state index >= 15 is 0 Å². The standard InChI is InChI=1S/C26H24N4O2/c31-25-15-22(18-30(25)24-8-3-6-21-5-1-2-7-23(21)24)26(32)27-16-19-9-11-20(12-10-19)17-29-14-4-13-28-29/h1-14,22H,15-18H2,(H,27,32)/t22-/m0/s1. The molecule has 0 bridgehead atoms. The lowest BCUT2D eigenvalue weighted by atomic mass is 10.1. The maximum atomic E-state index is 12.8. The second-order valence-electron chi connectivity index (χ2n) is 8.14. The van der Waals surface area contributed by atoms with E-state index in [2.05, 4.69) is 10.4 Å². The normalized spacial score (nSPS) is 15.9. The number of carbonyl (C=O) groups excluding carboxylic acids is 2. The average molecular weight is 425 g/mol. The molecule has 1 aliphatic heterocycles. The number of benzene rings is 3. The Balaban J connectivity index is 1.21. The number of carbonyl (C=O) groups is 2. The molecule has 4 aromatic rings. The fourth-order valence-corrected chi connectivity index (χ4v) is 4.24. The van der Waals surface area contributed by atoms with Crippen LogP contribution in [-0.2, 0) is 22.7 Å². The predicted molar refractivity (Wildman–Crippen MR) is 124 cm³/mol. The number of nitrogens with zero attached hydrogens (tertiary/aromatic N) is 3. The minimum Gasteiger partial charge on any atom is -0.352 e. The molecule has 1 aliphatic rings. The third kappa shape index (κ3) is 4.12. The Hall–Kier alpha value is -3.93. The number of fused-ring (bicyclic) bond motifs is 1. The van der Waals surface area contributed by atoms with Crippen LogP contribution >= 0.6 is 0 Å². The van der Waals surface area contributed by atoms with Crippen molar-refractivity contribution in [3.8, 4) is 0 Å². The van der Waals surface area contributed by atoms with Gasteiger partial charge in [0.2, 0.25) is 11.8 Å². The van der Waals surface area contributed by atoms with E-state index in [0.29, 0.717) is 19.6 Å². The lowest BCUT2D eigenvalue weighted by molar-refractivity contribution is -0.126. The van der Waals surface area contributed by atoms with Crippen molar-refractivity contribution in [3.63, 3.8) is 0 Å². The monoisotopic (exact) mass is 424 g/mol. The van der Waals surface area contributed by atoms with Gasteiger partial charge in [-0.2, -0.15) is 5.10 Å². The summed E-state index contributed by atoms with van der Waals surface area (Å²) in [7, 11) is 0. The molecular formula is C26H24N4O2. The summed E-state index contributed by atoms with van der Waals surface area (Å²) in [4.78, 5) is 27.2. The predicted octanol–water partition coefficient (Wildman–Crippen LogP) is 3.75. The van der Waals surface area contributed by atoms with Gasteiger partial charge in [-0.05, 0) is 28.6 Å². The van der Waals surface area contributed by atoms with Gasteiger partial charge in [0, 0.05) is 37.3 Å². The van der Waals surface area contributed by atoms with E-state index in [9.17, 15) is 9.59 Å². The zero-order chi connectivity index (χ0) is 21.9. The van der Waals surface area contributed by atoms with E-state index in [1.54, 1.807) is 11.1 Å². The molecule has 0 unspecified atom stereocenters. The molecule has 6 heteroatoms. The van der Waals surface area contributed by atoms with Crippen LogP contribution in [0.2, 0.25) is 0 Å². The van der Waals surface area contributed by atoms with Crippen LogP contribution in [0.25, 0.3) is 10.8 Å². The summed E-state index contributed by atoms with van der Waals surface area (Å²) >= 11 is 0. The highest BCUT2D eigenvalue weighted by atomic mass is 16.2. The summed E-state index contributed by atoms with van der Waals surface area (Å²) in [6, 6.07) is 24.0. The van der Waals surface area contributed by atoms with Crippen LogP contribution in [0.3, 0.4) is 0 Å². The van der Waals surface area contributed by atoms with E-state index in [1.807, 2.05) is 83.7 Å². The topological polar surface area (TPSA) is 67.2 Å². The van der Waals surface area contributed by atoms with E-state index in [4.69, 9.17) is 0 Å². The van der Waals surface area contributed by atoms with Gasteiger partial charge in [-0.3, -0.25) is 14.3 Å². The Kier molecular flexibility index (Phi) is 5.42. The van der Waals surface area contributed by atoms with E-state index < -0.39 is 0 Å². The first-order chi connectivity index (χ1) is 15.7. The summed E-state index contributed by atoms with van der Waals surface area (Å²) in [5.74, 6) is -0.438. The van der Waals surface area contributed by atoms with Crippen molar-refractivity contribution in [3.05, 3.63) is 96.3 Å². The molecule has 3 aromatic carbocycles. The Morgan fingerprint density at radius 2 is 1.75 bits per heavy atom. The Bertz CT molecular complexity index is 1240. The summed E-state index contributed by atoms with van der Waals surface area (Å²) in [6.45, 7) is 1.56. The van der Waals surface area contributed by atoms with Crippen LogP contribution in [-0.4, -0.2) is 28.1 Å². The molecule has 1 fully saturated rings. The summed E-state index contributed by atoms with van der Waals surface area (Å²) in [5.41, 5.74) is 3.05. The quantitative estimate of drug-likeness (QED) is 0.513. The van der Waals surface area contributed by atoms with Gasteiger partial charge in [-0.25, -0.2) is 0 Å². The SMILES string of the molecule is O=C(NCc1ccc(Cn2cccn2)cc1)[C@H]1CC(=O)N(c2cccc3ccccc23)C1. The largest absolute Gasteiger partial charge is 0.352 e. The number of hydrogen-bond acceptors (Lipinski definition) is 3.